The third-order valence-corrected chi connectivity index (χ3v) is 5.43. The van der Waals surface area contributed by atoms with Crippen LogP contribution in [0.4, 0.5) is 5.82 Å². The molecule has 0 radical (unpaired) electrons. The summed E-state index contributed by atoms with van der Waals surface area (Å²) in [5.74, 6) is 0.101. The van der Waals surface area contributed by atoms with Crippen molar-refractivity contribution in [1.82, 2.24) is 20.1 Å². The number of carbonyl (C=O) groups is 2. The molecule has 0 atom stereocenters. The molecule has 0 fully saturated rings. The summed E-state index contributed by atoms with van der Waals surface area (Å²) in [5.41, 5.74) is 6.32. The number of nitrogens with one attached hydrogen (secondary N) is 2. The first-order valence-electron chi connectivity index (χ1n) is 11.3. The number of rotatable bonds is 8. The number of aryl methyl sites for hydroxylation is 1. The molecular formula is C27H31N5O2. The molecule has 0 spiro atoms. The summed E-state index contributed by atoms with van der Waals surface area (Å²) in [4.78, 5) is 28.5. The lowest BCUT2D eigenvalue weighted by Gasteiger charge is -2.11. The van der Waals surface area contributed by atoms with Crippen LogP contribution >= 0.6 is 0 Å². The number of aromatic nitrogens is 3. The van der Waals surface area contributed by atoms with Crippen molar-refractivity contribution in [1.29, 1.82) is 0 Å². The predicted molar refractivity (Wildman–Crippen MR) is 136 cm³/mol. The number of allylic oxidation sites excluding steroid dienone is 2. The minimum atomic E-state index is -0.194. The topological polar surface area (TPSA) is 88.9 Å². The van der Waals surface area contributed by atoms with E-state index in [0.717, 1.165) is 28.9 Å². The van der Waals surface area contributed by atoms with Crippen molar-refractivity contribution in [3.8, 4) is 5.69 Å². The van der Waals surface area contributed by atoms with Gasteiger partial charge in [-0.25, -0.2) is 9.67 Å². The lowest BCUT2D eigenvalue weighted by Crippen LogP contribution is -2.24. The molecule has 2 aromatic heterocycles. The highest BCUT2D eigenvalue weighted by Gasteiger charge is 2.19. The highest BCUT2D eigenvalue weighted by atomic mass is 16.2. The zero-order valence-corrected chi connectivity index (χ0v) is 20.3. The second kappa shape index (κ2) is 11.2. The van der Waals surface area contributed by atoms with Crippen LogP contribution in [0.15, 0.2) is 60.4 Å². The van der Waals surface area contributed by atoms with Gasteiger partial charge in [0.05, 0.1) is 17.6 Å². The largest absolute Gasteiger partial charge is 0.348 e. The number of hydrogen-bond acceptors (Lipinski definition) is 4. The molecular weight excluding hydrogens is 426 g/mol. The van der Waals surface area contributed by atoms with E-state index in [4.69, 9.17) is 0 Å². The molecule has 7 nitrogen and oxygen atoms in total. The molecule has 2 amide bonds. The number of pyridine rings is 1. The molecule has 0 saturated heterocycles. The van der Waals surface area contributed by atoms with Crippen LogP contribution in [0.5, 0.6) is 0 Å². The Labute approximate surface area is 200 Å². The van der Waals surface area contributed by atoms with Crippen LogP contribution in [0.1, 0.15) is 56.5 Å². The van der Waals surface area contributed by atoms with E-state index in [1.165, 1.54) is 18.1 Å². The van der Waals surface area contributed by atoms with Crippen LogP contribution in [0.2, 0.25) is 0 Å². The van der Waals surface area contributed by atoms with Crippen molar-refractivity contribution < 1.29 is 9.59 Å². The first-order chi connectivity index (χ1) is 16.3. The Hall–Kier alpha value is -4.00. The smallest absolute Gasteiger partial charge is 0.251 e. The number of anilines is 1. The minimum absolute atomic E-state index is 0.180. The molecule has 176 valence electrons. The van der Waals surface area contributed by atoms with Gasteiger partial charge < -0.3 is 10.6 Å². The Bertz CT molecular complexity index is 1220. The summed E-state index contributed by atoms with van der Waals surface area (Å²) in [7, 11) is 0. The zero-order chi connectivity index (χ0) is 24.7. The van der Waals surface area contributed by atoms with Gasteiger partial charge in [-0.2, -0.15) is 5.10 Å². The molecule has 0 unspecified atom stereocenters. The van der Waals surface area contributed by atoms with E-state index in [0.29, 0.717) is 17.9 Å². The molecule has 34 heavy (non-hydrogen) atoms. The van der Waals surface area contributed by atoms with E-state index >= 15 is 0 Å². The van der Waals surface area contributed by atoms with E-state index < -0.39 is 0 Å². The van der Waals surface area contributed by atoms with E-state index in [2.05, 4.69) is 40.6 Å². The first kappa shape index (κ1) is 24.6. The zero-order valence-electron chi connectivity index (χ0n) is 20.3. The van der Waals surface area contributed by atoms with Crippen molar-refractivity contribution in [2.24, 2.45) is 0 Å². The summed E-state index contributed by atoms with van der Waals surface area (Å²) < 4.78 is 1.87. The molecule has 7 heteroatoms. The van der Waals surface area contributed by atoms with Crippen LogP contribution in [0.3, 0.4) is 0 Å². The van der Waals surface area contributed by atoms with Crippen molar-refractivity contribution in [2.75, 3.05) is 5.32 Å². The molecule has 1 aromatic carbocycles. The lowest BCUT2D eigenvalue weighted by atomic mass is 10.0. The highest BCUT2D eigenvalue weighted by Crippen LogP contribution is 2.25. The average molecular weight is 458 g/mol. The fourth-order valence-electron chi connectivity index (χ4n) is 3.40. The average Bonchev–Trinajstić information content (AvgIpc) is 3.22. The van der Waals surface area contributed by atoms with Gasteiger partial charge in [-0.05, 0) is 57.0 Å². The van der Waals surface area contributed by atoms with Crippen molar-refractivity contribution >= 4 is 29.3 Å². The van der Waals surface area contributed by atoms with E-state index in [-0.39, 0.29) is 11.8 Å². The molecule has 0 aliphatic rings. The van der Waals surface area contributed by atoms with Gasteiger partial charge in [0, 0.05) is 30.8 Å². The summed E-state index contributed by atoms with van der Waals surface area (Å²) in [6, 6.07) is 11.7. The van der Waals surface area contributed by atoms with Crippen LogP contribution < -0.4 is 10.6 Å². The third kappa shape index (κ3) is 6.07. The summed E-state index contributed by atoms with van der Waals surface area (Å²) >= 11 is 0. The molecule has 0 aliphatic carbocycles. The minimum Gasteiger partial charge on any atom is -0.348 e. The third-order valence-electron chi connectivity index (χ3n) is 5.43. The Balaban J connectivity index is 1.85. The standard InChI is InChI=1S/C27H31N5O2/c1-6-18(3)14-25-24(17-30-32(25)22-11-8-19(4)9-12-22)23(7-2)27(34)29-16-21-10-13-26(28-15-21)31-20(5)33/h7-15,17H,6,16H2,1-5H3,(H,29,34)(H,28,31,33)/b18-14+,23-7+. The maximum atomic E-state index is 13.1. The van der Waals surface area contributed by atoms with Gasteiger partial charge in [0.2, 0.25) is 5.91 Å². The Kier molecular flexibility index (Phi) is 8.14. The second-order valence-electron chi connectivity index (χ2n) is 8.15. The highest BCUT2D eigenvalue weighted by molar-refractivity contribution is 6.20. The van der Waals surface area contributed by atoms with Crippen LogP contribution in [0.25, 0.3) is 17.3 Å². The maximum Gasteiger partial charge on any atom is 0.251 e. The van der Waals surface area contributed by atoms with Crippen molar-refractivity contribution in [3.05, 3.63) is 82.8 Å². The number of benzene rings is 1. The molecule has 3 rings (SSSR count). The van der Waals surface area contributed by atoms with Crippen LogP contribution in [0, 0.1) is 6.92 Å². The van der Waals surface area contributed by atoms with Gasteiger partial charge in [-0.15, -0.1) is 0 Å². The number of hydrogen-bond donors (Lipinski definition) is 2. The van der Waals surface area contributed by atoms with E-state index in [1.807, 2.05) is 54.9 Å². The monoisotopic (exact) mass is 457 g/mol. The first-order valence-corrected chi connectivity index (χ1v) is 11.3. The van der Waals surface area contributed by atoms with Crippen LogP contribution in [-0.2, 0) is 16.1 Å². The summed E-state index contributed by atoms with van der Waals surface area (Å²) in [6.07, 6.45) is 8.17. The van der Waals surface area contributed by atoms with E-state index in [9.17, 15) is 9.59 Å². The van der Waals surface area contributed by atoms with E-state index in [1.54, 1.807) is 18.5 Å². The molecule has 0 aliphatic heterocycles. The molecule has 0 saturated carbocycles. The van der Waals surface area contributed by atoms with Gasteiger partial charge in [-0.3, -0.25) is 9.59 Å². The predicted octanol–water partition coefficient (Wildman–Crippen LogP) is 5.07. The number of carbonyl (C=O) groups excluding carboxylic acids is 2. The summed E-state index contributed by atoms with van der Waals surface area (Å²) in [6.45, 7) is 9.82. The molecule has 2 N–H and O–H groups in total. The SMILES string of the molecule is C/C=C(/C(=O)NCc1ccc(NC(C)=O)nc1)c1cnn(-c2ccc(C)cc2)c1/C=C(\C)CC. The van der Waals surface area contributed by atoms with Crippen molar-refractivity contribution in [2.45, 2.75) is 47.6 Å². The van der Waals surface area contributed by atoms with Gasteiger partial charge >= 0.3 is 0 Å². The number of amides is 2. The molecule has 2 heterocycles. The van der Waals surface area contributed by atoms with Gasteiger partial charge in [0.15, 0.2) is 0 Å². The molecule has 3 aromatic rings. The van der Waals surface area contributed by atoms with Gasteiger partial charge in [-0.1, -0.05) is 42.3 Å². The Morgan fingerprint density at radius 2 is 1.79 bits per heavy atom. The van der Waals surface area contributed by atoms with Crippen molar-refractivity contribution in [3.63, 3.8) is 0 Å². The maximum absolute atomic E-state index is 13.1. The Morgan fingerprint density at radius 1 is 1.06 bits per heavy atom. The Morgan fingerprint density at radius 3 is 2.38 bits per heavy atom. The number of nitrogens with zero attached hydrogens (tertiary/aromatic N) is 3. The normalized spacial score (nSPS) is 11.9. The quantitative estimate of drug-likeness (QED) is 0.462. The fourth-order valence-corrected chi connectivity index (χ4v) is 3.40. The second-order valence-corrected chi connectivity index (χ2v) is 8.15. The van der Waals surface area contributed by atoms with Gasteiger partial charge in [0.25, 0.3) is 5.91 Å². The van der Waals surface area contributed by atoms with Crippen LogP contribution in [-0.4, -0.2) is 26.6 Å². The summed E-state index contributed by atoms with van der Waals surface area (Å²) in [5, 5.41) is 10.2. The van der Waals surface area contributed by atoms with Gasteiger partial charge in [0.1, 0.15) is 5.82 Å². The fraction of sp³-hybridized carbons (Fsp3) is 0.259. The lowest BCUT2D eigenvalue weighted by molar-refractivity contribution is -0.116. The molecule has 0 bridgehead atoms.